The first kappa shape index (κ1) is 42.0. The molecule has 0 aromatic heterocycles. The number of anilines is 2. The summed E-state index contributed by atoms with van der Waals surface area (Å²) in [5.74, 6) is -0.952. The van der Waals surface area contributed by atoms with Crippen LogP contribution < -0.4 is 9.80 Å². The SMILES string of the molecule is CCCCN1C(=O)C(=C2/C(=C/C=C3N(CC)c4ccc5ccccc5c4C3(C)C)CCC/C2=C\C=C2\N(CC)c3ccc4ccccc4c3C2(C)C)C(=O)N(CCCC)C1=O. The second kappa shape index (κ2) is 16.6. The van der Waals surface area contributed by atoms with Crippen molar-refractivity contribution in [3.8, 4) is 0 Å². The van der Waals surface area contributed by atoms with Crippen molar-refractivity contribution in [3.63, 3.8) is 0 Å². The van der Waals surface area contributed by atoms with Gasteiger partial charge in [0, 0.05) is 59.8 Å². The maximum atomic E-state index is 14.8. The van der Waals surface area contributed by atoms with Gasteiger partial charge in [0.05, 0.1) is 0 Å². The van der Waals surface area contributed by atoms with Crippen LogP contribution in [0.1, 0.15) is 111 Å². The molecule has 3 heterocycles. The molecule has 8 rings (SSSR count). The van der Waals surface area contributed by atoms with Crippen molar-refractivity contribution in [2.75, 3.05) is 36.0 Å². The predicted octanol–water partition coefficient (Wildman–Crippen LogP) is 12.4. The second-order valence-corrected chi connectivity index (χ2v) is 18.1. The molecule has 7 heteroatoms. The van der Waals surface area contributed by atoms with Crippen LogP contribution in [-0.2, 0) is 20.4 Å². The van der Waals surface area contributed by atoms with Gasteiger partial charge < -0.3 is 9.80 Å². The summed E-state index contributed by atoms with van der Waals surface area (Å²) in [7, 11) is 0. The topological polar surface area (TPSA) is 64.2 Å². The van der Waals surface area contributed by atoms with Crippen LogP contribution in [0.2, 0.25) is 0 Å². The molecule has 4 aliphatic rings. The van der Waals surface area contributed by atoms with Gasteiger partial charge in [0.25, 0.3) is 11.8 Å². The van der Waals surface area contributed by atoms with Gasteiger partial charge in [0.15, 0.2) is 0 Å². The minimum Gasteiger partial charge on any atom is -0.344 e. The van der Waals surface area contributed by atoms with Crippen molar-refractivity contribution in [3.05, 3.63) is 142 Å². The molecule has 1 aliphatic carbocycles. The van der Waals surface area contributed by atoms with Crippen molar-refractivity contribution in [2.45, 2.75) is 111 Å². The highest BCUT2D eigenvalue weighted by molar-refractivity contribution is 6.30. The van der Waals surface area contributed by atoms with Gasteiger partial charge in [-0.3, -0.25) is 19.4 Å². The Kier molecular flexibility index (Phi) is 11.5. The number of carbonyl (C=O) groups excluding carboxylic acids is 3. The van der Waals surface area contributed by atoms with Crippen molar-refractivity contribution in [1.29, 1.82) is 0 Å². The first-order valence-electron chi connectivity index (χ1n) is 22.7. The first-order valence-corrected chi connectivity index (χ1v) is 22.7. The van der Waals surface area contributed by atoms with Gasteiger partial charge in [0.2, 0.25) is 0 Å². The largest absolute Gasteiger partial charge is 0.344 e. The second-order valence-electron chi connectivity index (χ2n) is 18.1. The quantitative estimate of drug-likeness (QED) is 0.118. The van der Waals surface area contributed by atoms with E-state index in [0.717, 1.165) is 43.5 Å². The molecule has 0 spiro atoms. The van der Waals surface area contributed by atoms with Crippen LogP contribution in [0.4, 0.5) is 16.2 Å². The summed E-state index contributed by atoms with van der Waals surface area (Å²) in [5.41, 5.74) is 9.54. The Morgan fingerprint density at radius 2 is 0.951 bits per heavy atom. The number of hydrogen-bond acceptors (Lipinski definition) is 5. The first-order chi connectivity index (χ1) is 29.4. The van der Waals surface area contributed by atoms with E-state index in [1.54, 1.807) is 0 Å². The average Bonchev–Trinajstić information content (AvgIpc) is 3.63. The molecule has 1 saturated heterocycles. The van der Waals surface area contributed by atoms with E-state index in [1.165, 1.54) is 65.2 Å². The minimum atomic E-state index is -0.495. The molecule has 0 N–H and O–H groups in total. The fourth-order valence-corrected chi connectivity index (χ4v) is 10.6. The summed E-state index contributed by atoms with van der Waals surface area (Å²) in [5, 5.41) is 4.96. The summed E-state index contributed by atoms with van der Waals surface area (Å²) in [6.07, 6.45) is 14.1. The van der Waals surface area contributed by atoms with Crippen LogP contribution in [0.3, 0.4) is 0 Å². The number of allylic oxidation sites excluding steroid dienone is 9. The van der Waals surface area contributed by atoms with E-state index in [1.807, 2.05) is 0 Å². The zero-order valence-corrected chi connectivity index (χ0v) is 37.5. The molecular formula is C54H62N4O3. The maximum Gasteiger partial charge on any atom is 0.333 e. The van der Waals surface area contributed by atoms with Crippen molar-refractivity contribution < 1.29 is 14.4 Å². The minimum absolute atomic E-state index is 0.125. The molecule has 3 aliphatic heterocycles. The van der Waals surface area contributed by atoms with Gasteiger partial charge in [-0.2, -0.15) is 0 Å². The number of unbranched alkanes of at least 4 members (excludes halogenated alkanes) is 2. The van der Waals surface area contributed by atoms with Gasteiger partial charge >= 0.3 is 6.03 Å². The average molecular weight is 815 g/mol. The summed E-state index contributed by atoms with van der Waals surface area (Å²) >= 11 is 0. The van der Waals surface area contributed by atoms with E-state index in [2.05, 4.69) is 162 Å². The predicted molar refractivity (Wildman–Crippen MR) is 252 cm³/mol. The number of rotatable bonds is 10. The third-order valence-electron chi connectivity index (χ3n) is 13.7. The highest BCUT2D eigenvalue weighted by Crippen LogP contribution is 2.52. The highest BCUT2D eigenvalue weighted by atomic mass is 16.2. The molecule has 4 aromatic rings. The lowest BCUT2D eigenvalue weighted by atomic mass is 9.78. The van der Waals surface area contributed by atoms with Crippen LogP contribution in [-0.4, -0.2) is 53.8 Å². The van der Waals surface area contributed by atoms with Gasteiger partial charge in [-0.05, 0) is 120 Å². The molecule has 4 amide bonds. The van der Waals surface area contributed by atoms with E-state index < -0.39 is 17.8 Å². The molecule has 4 aromatic carbocycles. The molecule has 316 valence electrons. The number of likely N-dealkylation sites (N-methyl/N-ethyl adjacent to an activating group) is 2. The lowest BCUT2D eigenvalue weighted by molar-refractivity contribution is -0.136. The lowest BCUT2D eigenvalue weighted by Gasteiger charge is -2.36. The smallest absolute Gasteiger partial charge is 0.333 e. The number of barbiturate groups is 1. The number of hydrogen-bond donors (Lipinski definition) is 0. The van der Waals surface area contributed by atoms with Crippen LogP contribution in [0.25, 0.3) is 21.5 Å². The van der Waals surface area contributed by atoms with E-state index >= 15 is 0 Å². The molecule has 0 unspecified atom stereocenters. The summed E-state index contributed by atoms with van der Waals surface area (Å²) in [6, 6.07) is 25.7. The van der Waals surface area contributed by atoms with Crippen molar-refractivity contribution >= 4 is 50.8 Å². The normalized spacial score (nSPS) is 21.4. The fourth-order valence-electron chi connectivity index (χ4n) is 10.6. The Hall–Kier alpha value is -5.69. The van der Waals surface area contributed by atoms with Gasteiger partial charge in [-0.1, -0.05) is 127 Å². The number of urea groups is 1. The monoisotopic (exact) mass is 814 g/mol. The zero-order chi connectivity index (χ0) is 43.2. The molecule has 61 heavy (non-hydrogen) atoms. The van der Waals surface area contributed by atoms with Crippen LogP contribution >= 0.6 is 0 Å². The van der Waals surface area contributed by atoms with Crippen LogP contribution in [0.15, 0.2) is 131 Å². The fraction of sp³-hybridized carbons (Fsp3) is 0.389. The number of benzene rings is 4. The molecule has 0 radical (unpaired) electrons. The Balaban J connectivity index is 1.32. The highest BCUT2D eigenvalue weighted by Gasteiger charge is 2.45. The van der Waals surface area contributed by atoms with Gasteiger partial charge in [-0.25, -0.2) is 4.79 Å². The Morgan fingerprint density at radius 1 is 0.525 bits per heavy atom. The number of nitrogens with zero attached hydrogens (tertiary/aromatic N) is 4. The summed E-state index contributed by atoms with van der Waals surface area (Å²) < 4.78 is 0. The Morgan fingerprint density at radius 3 is 1.36 bits per heavy atom. The van der Waals surface area contributed by atoms with Crippen molar-refractivity contribution in [2.24, 2.45) is 0 Å². The Bertz CT molecular complexity index is 2430. The number of amides is 4. The van der Waals surface area contributed by atoms with Gasteiger partial charge in [-0.15, -0.1) is 0 Å². The van der Waals surface area contributed by atoms with Crippen LogP contribution in [0.5, 0.6) is 0 Å². The molecule has 7 nitrogen and oxygen atoms in total. The Labute approximate surface area is 362 Å². The zero-order valence-electron chi connectivity index (χ0n) is 37.5. The molecule has 1 saturated carbocycles. The molecular weight excluding hydrogens is 753 g/mol. The molecule has 0 atom stereocenters. The third-order valence-corrected chi connectivity index (χ3v) is 13.7. The number of fused-ring (bicyclic) bond motifs is 6. The lowest BCUT2D eigenvalue weighted by Crippen LogP contribution is -2.57. The standard InChI is InChI=1S/C54H62N4O3/c1-9-13-34-57-50(59)47(51(60)58(52(57)61)35-14-10-2)46-38(28-32-44-53(5,6)48-40-24-17-15-20-36(40)26-30-42(48)55(44)11-3)22-19-23-39(46)29-33-45-54(7,8)49-41-25-18-16-21-37(41)27-31-43(49)56(45)12-4/h15-18,20-21,24-33H,9-14,19,22-23,34-35H2,1-8H3/b38-28+,39-29+,44-32+,45-33?. The van der Waals surface area contributed by atoms with E-state index in [0.29, 0.717) is 31.3 Å². The molecule has 2 fully saturated rings. The summed E-state index contributed by atoms with van der Waals surface area (Å²) in [4.78, 5) is 51.1. The summed E-state index contributed by atoms with van der Waals surface area (Å²) in [6.45, 7) is 19.9. The van der Waals surface area contributed by atoms with E-state index in [4.69, 9.17) is 0 Å². The third kappa shape index (κ3) is 6.94. The van der Waals surface area contributed by atoms with Crippen LogP contribution in [0, 0.1) is 0 Å². The van der Waals surface area contributed by atoms with E-state index in [-0.39, 0.29) is 29.5 Å². The number of imide groups is 2. The number of carbonyl (C=O) groups is 3. The van der Waals surface area contributed by atoms with Gasteiger partial charge in [0.1, 0.15) is 5.57 Å². The maximum absolute atomic E-state index is 14.8. The van der Waals surface area contributed by atoms with E-state index in [9.17, 15) is 14.4 Å². The van der Waals surface area contributed by atoms with Crippen molar-refractivity contribution in [1.82, 2.24) is 9.80 Å². The molecule has 0 bridgehead atoms.